The maximum atomic E-state index is 10.2. The van der Waals surface area contributed by atoms with Gasteiger partial charge in [-0.1, -0.05) is 12.1 Å². The van der Waals surface area contributed by atoms with E-state index >= 15 is 0 Å². The van der Waals surface area contributed by atoms with Gasteiger partial charge in [0.15, 0.2) is 0 Å². The number of rotatable bonds is 10. The summed E-state index contributed by atoms with van der Waals surface area (Å²) in [5.41, 5.74) is 1.23. The smallest absolute Gasteiger partial charge is 0.334 e. The molecule has 0 radical (unpaired) electrons. The first-order chi connectivity index (χ1) is 9.63. The molecule has 0 aliphatic rings. The second-order valence-corrected chi connectivity index (χ2v) is 8.06. The highest BCUT2D eigenvalue weighted by Gasteiger charge is 2.29. The summed E-state index contributed by atoms with van der Waals surface area (Å²) >= 11 is 0. The van der Waals surface area contributed by atoms with E-state index in [9.17, 15) is 4.79 Å². The van der Waals surface area contributed by atoms with Gasteiger partial charge in [-0.2, -0.15) is 0 Å². The van der Waals surface area contributed by atoms with Crippen LogP contribution in [0.25, 0.3) is 0 Å². The maximum Gasteiger partial charge on any atom is 0.334 e. The second-order valence-electron chi connectivity index (χ2n) is 4.71. The van der Waals surface area contributed by atoms with E-state index in [-0.39, 0.29) is 0 Å². The first kappa shape index (κ1) is 16.9. The minimum atomic E-state index is -2.00. The molecule has 1 aromatic rings. The zero-order chi connectivity index (χ0) is 14.8. The van der Waals surface area contributed by atoms with Crippen LogP contribution in [0.15, 0.2) is 24.3 Å². The van der Waals surface area contributed by atoms with Gasteiger partial charge in [-0.15, -0.1) is 0 Å². The van der Waals surface area contributed by atoms with E-state index in [0.717, 1.165) is 18.9 Å². The Hall–Kier alpha value is -1.17. The number of benzene rings is 1. The van der Waals surface area contributed by atoms with Crippen LogP contribution in [0.1, 0.15) is 25.8 Å². The van der Waals surface area contributed by atoms with Gasteiger partial charge < -0.3 is 13.6 Å². The predicted octanol–water partition coefficient (Wildman–Crippen LogP) is 3.30. The summed E-state index contributed by atoms with van der Waals surface area (Å²) in [5, 5.41) is 0. The molecule has 0 aromatic heterocycles. The van der Waals surface area contributed by atoms with Gasteiger partial charge in [-0.05, 0) is 57.0 Å². The molecule has 112 valence electrons. The van der Waals surface area contributed by atoms with Crippen molar-refractivity contribution in [2.45, 2.75) is 39.3 Å². The Balaban J connectivity index is 2.43. The Morgan fingerprint density at radius 3 is 2.20 bits per heavy atom. The van der Waals surface area contributed by atoms with Crippen LogP contribution in [-0.2, 0) is 20.1 Å². The average molecular weight is 296 g/mol. The van der Waals surface area contributed by atoms with E-state index in [1.165, 1.54) is 5.56 Å². The lowest BCUT2D eigenvalue weighted by atomic mass is 10.1. The van der Waals surface area contributed by atoms with Crippen molar-refractivity contribution in [2.24, 2.45) is 0 Å². The lowest BCUT2D eigenvalue weighted by molar-refractivity contribution is -0.120. The molecule has 0 unspecified atom stereocenters. The van der Waals surface area contributed by atoms with Gasteiger partial charge in [0.1, 0.15) is 5.75 Å². The predicted molar refractivity (Wildman–Crippen MR) is 81.1 cm³/mol. The van der Waals surface area contributed by atoms with Crippen molar-refractivity contribution in [3.8, 4) is 5.75 Å². The molecule has 0 spiro atoms. The molecule has 20 heavy (non-hydrogen) atoms. The van der Waals surface area contributed by atoms with Crippen molar-refractivity contribution in [3.05, 3.63) is 29.8 Å². The van der Waals surface area contributed by atoms with Gasteiger partial charge in [0.2, 0.25) is 0 Å². The van der Waals surface area contributed by atoms with E-state index in [1.54, 1.807) is 0 Å². The quantitative estimate of drug-likeness (QED) is 0.491. The third kappa shape index (κ3) is 5.86. The fourth-order valence-electron chi connectivity index (χ4n) is 2.20. The lowest BCUT2D eigenvalue weighted by Gasteiger charge is -2.25. The summed E-state index contributed by atoms with van der Waals surface area (Å²) in [5.74, 6) is 0.576. The van der Waals surface area contributed by atoms with Crippen LogP contribution >= 0.6 is 0 Å². The Morgan fingerprint density at radius 1 is 1.10 bits per heavy atom. The third-order valence-corrected chi connectivity index (χ3v) is 6.16. The maximum absolute atomic E-state index is 10.2. The van der Waals surface area contributed by atoms with Crippen molar-refractivity contribution < 1.29 is 18.4 Å². The molecular weight excluding hydrogens is 272 g/mol. The Labute approximate surface area is 122 Å². The summed E-state index contributed by atoms with van der Waals surface area (Å²) < 4.78 is 16.4. The lowest BCUT2D eigenvalue weighted by Crippen LogP contribution is -2.38. The van der Waals surface area contributed by atoms with Crippen LogP contribution in [0.3, 0.4) is 0 Å². The van der Waals surface area contributed by atoms with Gasteiger partial charge >= 0.3 is 8.56 Å². The molecule has 0 saturated heterocycles. The van der Waals surface area contributed by atoms with Gasteiger partial charge in [0.05, 0.1) is 0 Å². The van der Waals surface area contributed by atoms with Crippen molar-refractivity contribution >= 4 is 15.0 Å². The van der Waals surface area contributed by atoms with E-state index in [0.29, 0.717) is 25.4 Å². The molecular formula is C15H24O4Si. The summed E-state index contributed by atoms with van der Waals surface area (Å²) in [7, 11) is -2.00. The van der Waals surface area contributed by atoms with E-state index < -0.39 is 8.56 Å². The second kappa shape index (κ2) is 8.89. The topological polar surface area (TPSA) is 44.8 Å². The van der Waals surface area contributed by atoms with Crippen LogP contribution in [0.5, 0.6) is 5.75 Å². The van der Waals surface area contributed by atoms with Crippen molar-refractivity contribution in [1.82, 2.24) is 0 Å². The first-order valence-electron chi connectivity index (χ1n) is 7.10. The monoisotopic (exact) mass is 296 g/mol. The fourth-order valence-corrected chi connectivity index (χ4v) is 4.61. The normalized spacial score (nSPS) is 11.3. The molecule has 0 N–H and O–H groups in total. The van der Waals surface area contributed by atoms with Gasteiger partial charge in [0, 0.05) is 13.2 Å². The van der Waals surface area contributed by atoms with E-state index in [2.05, 4.69) is 6.55 Å². The number of carbonyl (C=O) groups is 1. The summed E-state index contributed by atoms with van der Waals surface area (Å²) in [4.78, 5) is 10.2. The molecule has 0 heterocycles. The SMILES string of the molecule is CCO[Si](C)(CCCc1ccc(OC=O)cc1)OCC. The highest BCUT2D eigenvalue weighted by Crippen LogP contribution is 2.19. The fraction of sp³-hybridized carbons (Fsp3) is 0.533. The molecule has 0 saturated carbocycles. The average Bonchev–Trinajstić information content (AvgIpc) is 2.41. The van der Waals surface area contributed by atoms with Crippen LogP contribution in [0, 0.1) is 0 Å². The van der Waals surface area contributed by atoms with Gasteiger partial charge in [-0.25, -0.2) is 0 Å². The molecule has 5 heteroatoms. The molecule has 0 fully saturated rings. The zero-order valence-corrected chi connectivity index (χ0v) is 13.6. The molecule has 0 aliphatic carbocycles. The Kier molecular flexibility index (Phi) is 7.50. The third-order valence-electron chi connectivity index (χ3n) is 3.10. The molecule has 0 bridgehead atoms. The molecule has 4 nitrogen and oxygen atoms in total. The van der Waals surface area contributed by atoms with Crippen LogP contribution in [0.4, 0.5) is 0 Å². The van der Waals surface area contributed by atoms with Crippen LogP contribution in [0.2, 0.25) is 12.6 Å². The Bertz CT molecular complexity index is 385. The van der Waals surface area contributed by atoms with Crippen LogP contribution in [-0.4, -0.2) is 28.2 Å². The van der Waals surface area contributed by atoms with E-state index in [1.807, 2.05) is 38.1 Å². The Morgan fingerprint density at radius 2 is 1.70 bits per heavy atom. The standard InChI is InChI=1S/C15H24O4Si/c1-4-18-20(3,19-5-2)12-6-7-14-8-10-15(11-9-14)17-13-16/h8-11,13H,4-7,12H2,1-3H3. The summed E-state index contributed by atoms with van der Waals surface area (Å²) in [6.45, 7) is 8.00. The minimum absolute atomic E-state index is 0.441. The number of hydrogen-bond donors (Lipinski definition) is 0. The molecule has 0 atom stereocenters. The molecule has 1 aromatic carbocycles. The molecule has 1 rings (SSSR count). The zero-order valence-electron chi connectivity index (χ0n) is 12.6. The molecule has 0 aliphatic heterocycles. The number of hydrogen-bond acceptors (Lipinski definition) is 4. The first-order valence-corrected chi connectivity index (χ1v) is 9.63. The largest absolute Gasteiger partial charge is 0.429 e. The number of carbonyl (C=O) groups excluding carboxylic acids is 1. The summed E-state index contributed by atoms with van der Waals surface area (Å²) in [6, 6.07) is 8.58. The van der Waals surface area contributed by atoms with Crippen molar-refractivity contribution in [3.63, 3.8) is 0 Å². The number of aryl methyl sites for hydroxylation is 1. The summed E-state index contributed by atoms with van der Waals surface area (Å²) in [6.07, 6.45) is 2.01. The van der Waals surface area contributed by atoms with Crippen molar-refractivity contribution in [2.75, 3.05) is 13.2 Å². The minimum Gasteiger partial charge on any atom is -0.429 e. The highest BCUT2D eigenvalue weighted by molar-refractivity contribution is 6.66. The van der Waals surface area contributed by atoms with Gasteiger partial charge in [0.25, 0.3) is 6.47 Å². The van der Waals surface area contributed by atoms with Gasteiger partial charge in [-0.3, -0.25) is 4.79 Å². The highest BCUT2D eigenvalue weighted by atomic mass is 28.4. The number of ether oxygens (including phenoxy) is 1. The van der Waals surface area contributed by atoms with Crippen LogP contribution < -0.4 is 4.74 Å². The van der Waals surface area contributed by atoms with E-state index in [4.69, 9.17) is 13.6 Å². The molecule has 0 amide bonds. The van der Waals surface area contributed by atoms with Crippen molar-refractivity contribution in [1.29, 1.82) is 0 Å².